The van der Waals surface area contributed by atoms with Crippen molar-refractivity contribution in [2.75, 3.05) is 0 Å². The van der Waals surface area contributed by atoms with Crippen LogP contribution in [-0.2, 0) is 6.42 Å². The molecular weight excluding hydrogens is 232 g/mol. The Morgan fingerprint density at radius 1 is 1.53 bits per heavy atom. The van der Waals surface area contributed by atoms with Gasteiger partial charge in [-0.1, -0.05) is 31.3 Å². The van der Waals surface area contributed by atoms with E-state index in [1.54, 1.807) is 6.07 Å². The molecule has 1 amide bonds. The summed E-state index contributed by atoms with van der Waals surface area (Å²) in [6, 6.07) is 7.57. The van der Waals surface area contributed by atoms with Gasteiger partial charge >= 0.3 is 0 Å². The quantitative estimate of drug-likeness (QED) is 0.786. The number of rotatable bonds is 5. The summed E-state index contributed by atoms with van der Waals surface area (Å²) in [4.78, 5) is 12.3. The van der Waals surface area contributed by atoms with Gasteiger partial charge in [-0.25, -0.2) is 0 Å². The second-order valence-corrected chi connectivity index (χ2v) is 4.65. The van der Waals surface area contributed by atoms with Gasteiger partial charge in [0.1, 0.15) is 0 Å². The third-order valence-electron chi connectivity index (χ3n) is 2.56. The highest BCUT2D eigenvalue weighted by Crippen LogP contribution is 2.07. The fourth-order valence-electron chi connectivity index (χ4n) is 1.43. The highest BCUT2D eigenvalue weighted by Gasteiger charge is 2.08. The Balaban J connectivity index is 2.77. The van der Waals surface area contributed by atoms with Crippen LogP contribution in [-0.4, -0.2) is 16.9 Å². The van der Waals surface area contributed by atoms with E-state index in [0.29, 0.717) is 17.0 Å². The Bertz CT molecular complexity index is 418. The van der Waals surface area contributed by atoms with Crippen LogP contribution in [0.4, 0.5) is 0 Å². The van der Waals surface area contributed by atoms with Crippen molar-refractivity contribution >= 4 is 23.1 Å². The minimum atomic E-state index is -0.0517. The van der Waals surface area contributed by atoms with Gasteiger partial charge in [0.25, 0.3) is 5.91 Å². The third kappa shape index (κ3) is 4.53. The molecule has 0 aliphatic heterocycles. The molecule has 3 nitrogen and oxygen atoms in total. The van der Waals surface area contributed by atoms with Crippen LogP contribution in [0.25, 0.3) is 0 Å². The van der Waals surface area contributed by atoms with Crippen molar-refractivity contribution in [3.63, 3.8) is 0 Å². The minimum absolute atomic E-state index is 0.0517. The molecule has 1 rings (SSSR count). The Kier molecular flexibility index (Phi) is 5.10. The molecule has 0 radical (unpaired) electrons. The van der Waals surface area contributed by atoms with Crippen LogP contribution in [0.15, 0.2) is 24.3 Å². The van der Waals surface area contributed by atoms with Gasteiger partial charge in [-0.05, 0) is 31.0 Å². The lowest BCUT2D eigenvalue weighted by atomic mass is 10.1. The van der Waals surface area contributed by atoms with E-state index < -0.39 is 0 Å². The molecule has 1 unspecified atom stereocenters. The van der Waals surface area contributed by atoms with Crippen molar-refractivity contribution in [1.82, 2.24) is 5.32 Å². The molecule has 0 fully saturated rings. The number of nitrogens with one attached hydrogen (secondary N) is 1. The number of hydrogen-bond acceptors (Lipinski definition) is 2. The molecule has 0 aromatic heterocycles. The molecule has 4 heteroatoms. The van der Waals surface area contributed by atoms with Crippen molar-refractivity contribution < 1.29 is 4.79 Å². The lowest BCUT2D eigenvalue weighted by Crippen LogP contribution is -2.31. The van der Waals surface area contributed by atoms with E-state index in [1.165, 1.54) is 0 Å². The largest absolute Gasteiger partial charge is 0.393 e. The van der Waals surface area contributed by atoms with Gasteiger partial charge in [-0.2, -0.15) is 0 Å². The highest BCUT2D eigenvalue weighted by atomic mass is 32.1. The molecule has 0 heterocycles. The maximum absolute atomic E-state index is 11.9. The molecule has 3 N–H and O–H groups in total. The summed E-state index contributed by atoms with van der Waals surface area (Å²) in [5.41, 5.74) is 7.10. The summed E-state index contributed by atoms with van der Waals surface area (Å²) in [7, 11) is 0. The van der Waals surface area contributed by atoms with Crippen LogP contribution in [0.5, 0.6) is 0 Å². The normalized spacial score (nSPS) is 11.9. The molecule has 1 aromatic rings. The summed E-state index contributed by atoms with van der Waals surface area (Å²) in [6.45, 7) is 4.02. The number of hydrogen-bond donors (Lipinski definition) is 2. The zero-order valence-corrected chi connectivity index (χ0v) is 11.0. The lowest BCUT2D eigenvalue weighted by molar-refractivity contribution is 0.0939. The van der Waals surface area contributed by atoms with Gasteiger partial charge in [0, 0.05) is 18.0 Å². The number of amides is 1. The molecule has 92 valence electrons. The summed E-state index contributed by atoms with van der Waals surface area (Å²) in [5.74, 6) is -0.0517. The van der Waals surface area contributed by atoms with Crippen LogP contribution in [0.1, 0.15) is 36.2 Å². The number of benzene rings is 1. The van der Waals surface area contributed by atoms with E-state index in [4.69, 9.17) is 18.0 Å². The second kappa shape index (κ2) is 6.35. The van der Waals surface area contributed by atoms with E-state index in [9.17, 15) is 4.79 Å². The first kappa shape index (κ1) is 13.6. The summed E-state index contributed by atoms with van der Waals surface area (Å²) in [6.07, 6.45) is 1.44. The molecule has 0 aliphatic rings. The van der Waals surface area contributed by atoms with Gasteiger partial charge in [0.05, 0.1) is 4.99 Å². The number of nitrogens with two attached hydrogens (primary N) is 1. The summed E-state index contributed by atoms with van der Waals surface area (Å²) >= 11 is 4.85. The van der Waals surface area contributed by atoms with Crippen LogP contribution in [0, 0.1) is 0 Å². The Morgan fingerprint density at radius 3 is 2.82 bits per heavy atom. The monoisotopic (exact) mass is 250 g/mol. The topological polar surface area (TPSA) is 55.1 Å². The fourth-order valence-corrected chi connectivity index (χ4v) is 1.60. The zero-order valence-electron chi connectivity index (χ0n) is 10.2. The first-order chi connectivity index (χ1) is 8.02. The van der Waals surface area contributed by atoms with E-state index in [-0.39, 0.29) is 11.9 Å². The standard InChI is InChI=1S/C13H18N2OS/c1-3-9(2)15-13(16)11-6-4-5-10(7-11)8-12(14)17/h4-7,9H,3,8H2,1-2H3,(H2,14,17)(H,15,16). The van der Waals surface area contributed by atoms with E-state index in [1.807, 2.05) is 32.0 Å². The fraction of sp³-hybridized carbons (Fsp3) is 0.385. The predicted octanol–water partition coefficient (Wildman–Crippen LogP) is 2.04. The summed E-state index contributed by atoms with van der Waals surface area (Å²) in [5, 5.41) is 2.92. The van der Waals surface area contributed by atoms with Crippen LogP contribution in [0.2, 0.25) is 0 Å². The highest BCUT2D eigenvalue weighted by molar-refractivity contribution is 7.80. The van der Waals surface area contributed by atoms with Gasteiger partial charge in [0.2, 0.25) is 0 Å². The third-order valence-corrected chi connectivity index (χ3v) is 2.70. The Labute approximate surface area is 107 Å². The predicted molar refractivity (Wildman–Crippen MR) is 74.2 cm³/mol. The zero-order chi connectivity index (χ0) is 12.8. The van der Waals surface area contributed by atoms with Crippen LogP contribution >= 0.6 is 12.2 Å². The molecule has 0 aliphatic carbocycles. The smallest absolute Gasteiger partial charge is 0.251 e. The first-order valence-corrected chi connectivity index (χ1v) is 6.12. The van der Waals surface area contributed by atoms with Gasteiger partial charge < -0.3 is 11.1 Å². The van der Waals surface area contributed by atoms with Crippen molar-refractivity contribution in [3.8, 4) is 0 Å². The van der Waals surface area contributed by atoms with Crippen LogP contribution in [0.3, 0.4) is 0 Å². The average molecular weight is 250 g/mol. The van der Waals surface area contributed by atoms with Gasteiger partial charge in [-0.3, -0.25) is 4.79 Å². The molecule has 0 saturated carbocycles. The number of carbonyl (C=O) groups is 1. The maximum atomic E-state index is 11.9. The second-order valence-electron chi connectivity index (χ2n) is 4.13. The lowest BCUT2D eigenvalue weighted by Gasteiger charge is -2.11. The minimum Gasteiger partial charge on any atom is -0.393 e. The van der Waals surface area contributed by atoms with E-state index in [0.717, 1.165) is 12.0 Å². The first-order valence-electron chi connectivity index (χ1n) is 5.71. The molecule has 0 bridgehead atoms. The molecule has 1 atom stereocenters. The molecule has 17 heavy (non-hydrogen) atoms. The SMILES string of the molecule is CCC(C)NC(=O)c1cccc(CC(N)=S)c1. The molecule has 1 aromatic carbocycles. The van der Waals surface area contributed by atoms with E-state index in [2.05, 4.69) is 5.32 Å². The maximum Gasteiger partial charge on any atom is 0.251 e. The summed E-state index contributed by atoms with van der Waals surface area (Å²) < 4.78 is 0. The molecular formula is C13H18N2OS. The van der Waals surface area contributed by atoms with Crippen molar-refractivity contribution in [1.29, 1.82) is 0 Å². The van der Waals surface area contributed by atoms with Gasteiger partial charge in [0.15, 0.2) is 0 Å². The molecule has 0 saturated heterocycles. The Morgan fingerprint density at radius 2 is 2.24 bits per heavy atom. The number of thiocarbonyl (C=S) groups is 1. The average Bonchev–Trinajstić information content (AvgIpc) is 2.28. The number of carbonyl (C=O) groups excluding carboxylic acids is 1. The van der Waals surface area contributed by atoms with Crippen molar-refractivity contribution in [2.24, 2.45) is 5.73 Å². The Hall–Kier alpha value is -1.42. The van der Waals surface area contributed by atoms with Crippen LogP contribution < -0.4 is 11.1 Å². The van der Waals surface area contributed by atoms with Crippen molar-refractivity contribution in [3.05, 3.63) is 35.4 Å². The molecule has 0 spiro atoms. The van der Waals surface area contributed by atoms with Crippen molar-refractivity contribution in [2.45, 2.75) is 32.7 Å². The van der Waals surface area contributed by atoms with Gasteiger partial charge in [-0.15, -0.1) is 0 Å². The van der Waals surface area contributed by atoms with E-state index >= 15 is 0 Å².